The van der Waals surface area contributed by atoms with Gasteiger partial charge in [0.25, 0.3) is 11.8 Å². The molecule has 0 aliphatic rings. The number of amides is 3. The lowest BCUT2D eigenvalue weighted by Crippen LogP contribution is -2.30. The van der Waals surface area contributed by atoms with Crippen molar-refractivity contribution in [3.63, 3.8) is 0 Å². The lowest BCUT2D eigenvalue weighted by molar-refractivity contribution is -0.115. The van der Waals surface area contributed by atoms with Crippen molar-refractivity contribution in [1.29, 1.82) is 0 Å². The van der Waals surface area contributed by atoms with Crippen LogP contribution < -0.4 is 16.0 Å². The van der Waals surface area contributed by atoms with Gasteiger partial charge in [-0.25, -0.2) is 0 Å². The maximum Gasteiger partial charge on any atom is 0.272 e. The van der Waals surface area contributed by atoms with Crippen molar-refractivity contribution < 1.29 is 14.4 Å². The first kappa shape index (κ1) is 29.0. The molecule has 1 atom stereocenters. The van der Waals surface area contributed by atoms with E-state index < -0.39 is 17.1 Å². The minimum Gasteiger partial charge on any atom is -0.324 e. The molecule has 0 bridgehead atoms. The number of carbonyl (C=O) groups excluding carboxylic acids is 3. The van der Waals surface area contributed by atoms with E-state index in [1.54, 1.807) is 110 Å². The predicted octanol–water partition coefficient (Wildman–Crippen LogP) is 7.52. The molecule has 3 N–H and O–H groups in total. The van der Waals surface area contributed by atoms with E-state index in [9.17, 15) is 14.4 Å². The fourth-order valence-corrected chi connectivity index (χ4v) is 4.91. The second-order valence-corrected chi connectivity index (χ2v) is 10.9. The Morgan fingerprint density at radius 1 is 0.800 bits per heavy atom. The van der Waals surface area contributed by atoms with Gasteiger partial charge in [-0.1, -0.05) is 71.7 Å². The summed E-state index contributed by atoms with van der Waals surface area (Å²) in [6.07, 6.45) is 1.56. The smallest absolute Gasteiger partial charge is 0.272 e. The van der Waals surface area contributed by atoms with Crippen molar-refractivity contribution in [2.24, 2.45) is 0 Å². The zero-order valence-electron chi connectivity index (χ0n) is 21.4. The van der Waals surface area contributed by atoms with Gasteiger partial charge in [0.1, 0.15) is 5.70 Å². The Balaban J connectivity index is 1.48. The van der Waals surface area contributed by atoms with Gasteiger partial charge in [0, 0.05) is 21.2 Å². The number of para-hydroxylation sites is 1. The van der Waals surface area contributed by atoms with Crippen LogP contribution in [0.15, 0.2) is 114 Å². The largest absolute Gasteiger partial charge is 0.324 e. The highest BCUT2D eigenvalue weighted by molar-refractivity contribution is 8.00. The Hall–Kier alpha value is -4.04. The van der Waals surface area contributed by atoms with Gasteiger partial charge in [0.15, 0.2) is 0 Å². The summed E-state index contributed by atoms with van der Waals surface area (Å²) in [7, 11) is 0. The molecule has 0 heterocycles. The van der Waals surface area contributed by atoms with E-state index in [1.807, 2.05) is 6.07 Å². The standard InChI is InChI=1S/C31H25Cl2N3O3S/c1-20(29(37)35-27-16-6-5-15-26(27)33)40-25-14-8-13-24(19-25)34-31(39)28(18-21-9-7-12-23(32)17-21)36-30(38)22-10-3-2-4-11-22/h2-20H,1H3,(H,34,39)(H,35,37)(H,36,38)/b28-18-. The molecule has 0 aliphatic heterocycles. The number of carbonyl (C=O) groups is 3. The maximum atomic E-state index is 13.3. The minimum atomic E-state index is -0.518. The van der Waals surface area contributed by atoms with Gasteiger partial charge in [-0.2, -0.15) is 0 Å². The Bertz CT molecular complexity index is 1560. The quantitative estimate of drug-likeness (QED) is 0.139. The number of anilines is 2. The molecule has 0 spiro atoms. The molecule has 4 aromatic carbocycles. The van der Waals surface area contributed by atoms with Crippen LogP contribution in [0.2, 0.25) is 10.0 Å². The number of thioether (sulfide) groups is 1. The summed E-state index contributed by atoms with van der Waals surface area (Å²) in [6, 6.07) is 29.7. The fraction of sp³-hybridized carbons (Fsp3) is 0.0645. The molecule has 0 fully saturated rings. The molecule has 1 unspecified atom stereocenters. The van der Waals surface area contributed by atoms with E-state index in [2.05, 4.69) is 16.0 Å². The summed E-state index contributed by atoms with van der Waals surface area (Å²) < 4.78 is 0. The Labute approximate surface area is 246 Å². The molecule has 3 amide bonds. The summed E-state index contributed by atoms with van der Waals surface area (Å²) in [5.41, 5.74) is 2.14. The van der Waals surface area contributed by atoms with E-state index >= 15 is 0 Å². The first-order valence-corrected chi connectivity index (χ1v) is 13.9. The number of nitrogens with one attached hydrogen (secondary N) is 3. The van der Waals surface area contributed by atoms with Crippen LogP contribution in [0.25, 0.3) is 6.08 Å². The number of hydrogen-bond acceptors (Lipinski definition) is 4. The van der Waals surface area contributed by atoms with Crippen LogP contribution in [0, 0.1) is 0 Å². The van der Waals surface area contributed by atoms with Gasteiger partial charge in [-0.15, -0.1) is 11.8 Å². The number of rotatable bonds is 9. The Morgan fingerprint density at radius 3 is 2.27 bits per heavy atom. The summed E-state index contributed by atoms with van der Waals surface area (Å²) in [5, 5.41) is 8.90. The molecule has 4 aromatic rings. The molecule has 0 aliphatic carbocycles. The van der Waals surface area contributed by atoms with Crippen molar-refractivity contribution >= 4 is 70.1 Å². The molecule has 4 rings (SSSR count). The first-order valence-electron chi connectivity index (χ1n) is 12.3. The van der Waals surface area contributed by atoms with Crippen LogP contribution in [-0.4, -0.2) is 23.0 Å². The fourth-order valence-electron chi connectivity index (χ4n) is 3.61. The van der Waals surface area contributed by atoms with Gasteiger partial charge in [-0.3, -0.25) is 14.4 Å². The van der Waals surface area contributed by atoms with Crippen molar-refractivity contribution in [2.75, 3.05) is 10.6 Å². The molecule has 202 valence electrons. The zero-order chi connectivity index (χ0) is 28.5. The topological polar surface area (TPSA) is 87.3 Å². The highest BCUT2D eigenvalue weighted by Crippen LogP contribution is 2.28. The van der Waals surface area contributed by atoms with Gasteiger partial charge in [0.05, 0.1) is 16.0 Å². The Morgan fingerprint density at radius 2 is 1.52 bits per heavy atom. The van der Waals surface area contributed by atoms with Crippen LogP contribution in [0.3, 0.4) is 0 Å². The monoisotopic (exact) mass is 589 g/mol. The molecular weight excluding hydrogens is 565 g/mol. The average Bonchev–Trinajstić information content (AvgIpc) is 2.94. The minimum absolute atomic E-state index is 0.0432. The SMILES string of the molecule is CC(Sc1cccc(NC(=O)/C(=C/c2cccc(Cl)c2)NC(=O)c2ccccc2)c1)C(=O)Nc1ccccc1Cl. The third-order valence-corrected chi connectivity index (χ3v) is 7.25. The average molecular weight is 591 g/mol. The van der Waals surface area contributed by atoms with Crippen molar-refractivity contribution in [1.82, 2.24) is 5.32 Å². The molecule has 40 heavy (non-hydrogen) atoms. The highest BCUT2D eigenvalue weighted by Gasteiger charge is 2.18. The van der Waals surface area contributed by atoms with E-state index in [0.29, 0.717) is 32.5 Å². The second kappa shape index (κ2) is 13.8. The van der Waals surface area contributed by atoms with Gasteiger partial charge >= 0.3 is 0 Å². The van der Waals surface area contributed by atoms with Gasteiger partial charge in [-0.05, 0) is 73.2 Å². The molecular formula is C31H25Cl2N3O3S. The van der Waals surface area contributed by atoms with Crippen LogP contribution in [0.5, 0.6) is 0 Å². The normalized spacial score (nSPS) is 11.8. The second-order valence-electron chi connectivity index (χ2n) is 8.64. The third kappa shape index (κ3) is 8.23. The molecule has 6 nitrogen and oxygen atoms in total. The van der Waals surface area contributed by atoms with Crippen molar-refractivity contribution in [3.8, 4) is 0 Å². The van der Waals surface area contributed by atoms with Crippen molar-refractivity contribution in [2.45, 2.75) is 17.1 Å². The molecule has 0 saturated heterocycles. The molecule has 0 aromatic heterocycles. The summed E-state index contributed by atoms with van der Waals surface area (Å²) in [4.78, 5) is 39.7. The van der Waals surface area contributed by atoms with E-state index in [1.165, 1.54) is 11.8 Å². The van der Waals surface area contributed by atoms with Crippen LogP contribution >= 0.6 is 35.0 Å². The maximum absolute atomic E-state index is 13.3. The van der Waals surface area contributed by atoms with Crippen molar-refractivity contribution in [3.05, 3.63) is 130 Å². The van der Waals surface area contributed by atoms with E-state index in [0.717, 1.165) is 4.90 Å². The van der Waals surface area contributed by atoms with Gasteiger partial charge < -0.3 is 16.0 Å². The third-order valence-electron chi connectivity index (χ3n) is 5.59. The van der Waals surface area contributed by atoms with Crippen LogP contribution in [0.1, 0.15) is 22.8 Å². The summed E-state index contributed by atoms with van der Waals surface area (Å²) in [6.45, 7) is 1.78. The van der Waals surface area contributed by atoms with E-state index in [-0.39, 0.29) is 11.6 Å². The number of benzene rings is 4. The number of hydrogen-bond donors (Lipinski definition) is 3. The lowest BCUT2D eigenvalue weighted by atomic mass is 10.1. The zero-order valence-corrected chi connectivity index (χ0v) is 23.7. The van der Waals surface area contributed by atoms with Gasteiger partial charge in [0.2, 0.25) is 5.91 Å². The predicted molar refractivity (Wildman–Crippen MR) is 164 cm³/mol. The van der Waals surface area contributed by atoms with Crippen LogP contribution in [0.4, 0.5) is 11.4 Å². The summed E-state index contributed by atoms with van der Waals surface area (Å²) in [5.74, 6) is -1.15. The molecule has 0 saturated carbocycles. The Kier molecular flexibility index (Phi) is 10.0. The molecule has 0 radical (unpaired) electrons. The van der Waals surface area contributed by atoms with Crippen LogP contribution in [-0.2, 0) is 9.59 Å². The summed E-state index contributed by atoms with van der Waals surface area (Å²) >= 11 is 13.6. The molecule has 9 heteroatoms. The first-order chi connectivity index (χ1) is 19.3. The van der Waals surface area contributed by atoms with E-state index in [4.69, 9.17) is 23.2 Å². The number of halogens is 2. The highest BCUT2D eigenvalue weighted by atomic mass is 35.5. The lowest BCUT2D eigenvalue weighted by Gasteiger charge is -2.14.